The summed E-state index contributed by atoms with van der Waals surface area (Å²) in [5, 5.41) is 3.07. The summed E-state index contributed by atoms with van der Waals surface area (Å²) >= 11 is 12.0. The van der Waals surface area contributed by atoms with Crippen LogP contribution in [-0.2, 0) is 14.8 Å². The van der Waals surface area contributed by atoms with Gasteiger partial charge in [0.15, 0.2) is 0 Å². The van der Waals surface area contributed by atoms with Gasteiger partial charge in [-0.2, -0.15) is 0 Å². The molecular weight excluding hydrogens is 449 g/mol. The van der Waals surface area contributed by atoms with Crippen LogP contribution >= 0.6 is 23.2 Å². The topological polar surface area (TPSA) is 86.8 Å². The van der Waals surface area contributed by atoms with Crippen molar-refractivity contribution in [3.05, 3.63) is 58.1 Å². The standard InChI is InChI=1S/C20H23Cl2N3O4S/c1-4-24(5-2)20(27)15-8-6-7-9-17(15)23-19(26)13-25(30(3,28)29)18-11-10-14(21)12-16(18)22/h6-12H,4-5,13H2,1-3H3,(H,23,26). The van der Waals surface area contributed by atoms with E-state index in [9.17, 15) is 18.0 Å². The lowest BCUT2D eigenvalue weighted by molar-refractivity contribution is -0.114. The fourth-order valence-electron chi connectivity index (χ4n) is 2.84. The maximum absolute atomic E-state index is 12.7. The zero-order valence-corrected chi connectivity index (χ0v) is 19.2. The van der Waals surface area contributed by atoms with Crippen LogP contribution in [0.4, 0.5) is 11.4 Å². The van der Waals surface area contributed by atoms with Crippen molar-refractivity contribution in [2.45, 2.75) is 13.8 Å². The summed E-state index contributed by atoms with van der Waals surface area (Å²) in [4.78, 5) is 27.0. The minimum Gasteiger partial charge on any atom is -0.339 e. The number of anilines is 2. The molecule has 30 heavy (non-hydrogen) atoms. The molecule has 0 aromatic heterocycles. The van der Waals surface area contributed by atoms with E-state index in [0.717, 1.165) is 10.6 Å². The van der Waals surface area contributed by atoms with Crippen LogP contribution in [0.2, 0.25) is 10.0 Å². The molecule has 0 saturated carbocycles. The molecule has 0 aliphatic carbocycles. The summed E-state index contributed by atoms with van der Waals surface area (Å²) in [6.45, 7) is 4.25. The van der Waals surface area contributed by atoms with Gasteiger partial charge < -0.3 is 10.2 Å². The fraction of sp³-hybridized carbons (Fsp3) is 0.300. The summed E-state index contributed by atoms with van der Waals surface area (Å²) in [7, 11) is -3.82. The Hall–Kier alpha value is -2.29. The lowest BCUT2D eigenvalue weighted by atomic mass is 10.1. The average molecular weight is 472 g/mol. The highest BCUT2D eigenvalue weighted by atomic mass is 35.5. The Morgan fingerprint density at radius 3 is 2.23 bits per heavy atom. The lowest BCUT2D eigenvalue weighted by Crippen LogP contribution is -2.38. The maximum Gasteiger partial charge on any atom is 0.255 e. The number of hydrogen-bond donors (Lipinski definition) is 1. The number of carbonyl (C=O) groups is 2. The second-order valence-corrected chi connectivity index (χ2v) is 9.19. The van der Waals surface area contributed by atoms with E-state index in [-0.39, 0.29) is 16.6 Å². The number of carbonyl (C=O) groups excluding carboxylic acids is 2. The van der Waals surface area contributed by atoms with Crippen molar-refractivity contribution in [1.29, 1.82) is 0 Å². The van der Waals surface area contributed by atoms with Crippen LogP contribution in [0, 0.1) is 0 Å². The second-order valence-electron chi connectivity index (χ2n) is 6.44. The normalized spacial score (nSPS) is 11.1. The zero-order chi connectivity index (χ0) is 22.5. The van der Waals surface area contributed by atoms with Crippen LogP contribution in [0.15, 0.2) is 42.5 Å². The quantitative estimate of drug-likeness (QED) is 0.632. The van der Waals surface area contributed by atoms with Gasteiger partial charge in [0.1, 0.15) is 6.54 Å². The van der Waals surface area contributed by atoms with E-state index in [1.807, 2.05) is 13.8 Å². The number of para-hydroxylation sites is 1. The summed E-state index contributed by atoms with van der Waals surface area (Å²) in [5.41, 5.74) is 0.756. The Morgan fingerprint density at radius 1 is 1.03 bits per heavy atom. The molecule has 0 aliphatic rings. The first-order valence-corrected chi connectivity index (χ1v) is 11.8. The van der Waals surface area contributed by atoms with Crippen LogP contribution in [0.25, 0.3) is 0 Å². The van der Waals surface area contributed by atoms with Crippen molar-refractivity contribution < 1.29 is 18.0 Å². The van der Waals surface area contributed by atoms with Gasteiger partial charge in [-0.05, 0) is 44.2 Å². The maximum atomic E-state index is 12.7. The van der Waals surface area contributed by atoms with Crippen molar-refractivity contribution in [2.24, 2.45) is 0 Å². The van der Waals surface area contributed by atoms with Gasteiger partial charge in [0.25, 0.3) is 5.91 Å². The molecule has 0 atom stereocenters. The number of nitrogens with zero attached hydrogens (tertiary/aromatic N) is 2. The van der Waals surface area contributed by atoms with E-state index >= 15 is 0 Å². The molecular formula is C20H23Cl2N3O4S. The molecule has 0 spiro atoms. The zero-order valence-electron chi connectivity index (χ0n) is 16.9. The molecule has 7 nitrogen and oxygen atoms in total. The Labute approximate surface area is 186 Å². The van der Waals surface area contributed by atoms with Crippen LogP contribution in [-0.4, -0.2) is 51.0 Å². The van der Waals surface area contributed by atoms with Gasteiger partial charge in [-0.15, -0.1) is 0 Å². The van der Waals surface area contributed by atoms with Crippen LogP contribution < -0.4 is 9.62 Å². The highest BCUT2D eigenvalue weighted by Gasteiger charge is 2.24. The van der Waals surface area contributed by atoms with Gasteiger partial charge in [0, 0.05) is 18.1 Å². The summed E-state index contributed by atoms with van der Waals surface area (Å²) < 4.78 is 25.5. The highest BCUT2D eigenvalue weighted by molar-refractivity contribution is 7.92. The Kier molecular flexibility index (Phi) is 8.11. The van der Waals surface area contributed by atoms with Crippen LogP contribution in [0.5, 0.6) is 0 Å². The molecule has 2 amide bonds. The van der Waals surface area contributed by atoms with Gasteiger partial charge in [0.05, 0.1) is 28.2 Å². The van der Waals surface area contributed by atoms with E-state index < -0.39 is 22.5 Å². The van der Waals surface area contributed by atoms with Gasteiger partial charge >= 0.3 is 0 Å². The van der Waals surface area contributed by atoms with Gasteiger partial charge in [-0.1, -0.05) is 35.3 Å². The lowest BCUT2D eigenvalue weighted by Gasteiger charge is -2.24. The number of nitrogens with one attached hydrogen (secondary N) is 1. The number of sulfonamides is 1. The molecule has 0 unspecified atom stereocenters. The predicted octanol–water partition coefficient (Wildman–Crippen LogP) is 3.88. The first kappa shape index (κ1) is 24.0. The number of benzene rings is 2. The molecule has 0 aliphatic heterocycles. The smallest absolute Gasteiger partial charge is 0.255 e. The molecule has 0 saturated heterocycles. The number of halogens is 2. The minimum absolute atomic E-state index is 0.0952. The Morgan fingerprint density at radius 2 is 1.67 bits per heavy atom. The van der Waals surface area contributed by atoms with Crippen molar-refractivity contribution in [1.82, 2.24) is 4.90 Å². The van der Waals surface area contributed by atoms with E-state index in [0.29, 0.717) is 29.4 Å². The van der Waals surface area contributed by atoms with E-state index in [1.54, 1.807) is 29.2 Å². The first-order valence-electron chi connectivity index (χ1n) is 9.19. The number of hydrogen-bond acceptors (Lipinski definition) is 4. The monoisotopic (exact) mass is 471 g/mol. The average Bonchev–Trinajstić information content (AvgIpc) is 2.67. The van der Waals surface area contributed by atoms with Crippen LogP contribution in [0.3, 0.4) is 0 Å². The van der Waals surface area contributed by atoms with E-state index in [4.69, 9.17) is 23.2 Å². The third kappa shape index (κ3) is 5.87. The van der Waals surface area contributed by atoms with E-state index in [2.05, 4.69) is 5.32 Å². The van der Waals surface area contributed by atoms with Crippen molar-refractivity contribution in [3.8, 4) is 0 Å². The van der Waals surface area contributed by atoms with Gasteiger partial charge in [-0.3, -0.25) is 13.9 Å². The third-order valence-electron chi connectivity index (χ3n) is 4.35. The van der Waals surface area contributed by atoms with E-state index in [1.165, 1.54) is 18.2 Å². The van der Waals surface area contributed by atoms with Crippen molar-refractivity contribution in [3.63, 3.8) is 0 Å². The molecule has 2 rings (SSSR count). The molecule has 1 N–H and O–H groups in total. The summed E-state index contributed by atoms with van der Waals surface area (Å²) in [6.07, 6.45) is 0.975. The minimum atomic E-state index is -3.82. The highest BCUT2D eigenvalue weighted by Crippen LogP contribution is 2.30. The molecule has 162 valence electrons. The van der Waals surface area contributed by atoms with Gasteiger partial charge in [-0.25, -0.2) is 8.42 Å². The molecule has 0 fully saturated rings. The Bertz CT molecular complexity index is 1040. The second kappa shape index (κ2) is 10.1. The van der Waals surface area contributed by atoms with Crippen molar-refractivity contribution in [2.75, 3.05) is 35.5 Å². The summed E-state index contributed by atoms with van der Waals surface area (Å²) in [6, 6.07) is 10.9. The molecule has 2 aromatic carbocycles. The largest absolute Gasteiger partial charge is 0.339 e. The molecule has 10 heteroatoms. The molecule has 0 bridgehead atoms. The van der Waals surface area contributed by atoms with Crippen LogP contribution in [0.1, 0.15) is 24.2 Å². The summed E-state index contributed by atoms with van der Waals surface area (Å²) in [5.74, 6) is -0.845. The number of rotatable bonds is 8. The first-order chi connectivity index (χ1) is 14.1. The van der Waals surface area contributed by atoms with Gasteiger partial charge in [0.2, 0.25) is 15.9 Å². The third-order valence-corrected chi connectivity index (χ3v) is 6.01. The molecule has 0 heterocycles. The number of amides is 2. The Balaban J connectivity index is 2.30. The molecule has 2 aromatic rings. The predicted molar refractivity (Wildman–Crippen MR) is 121 cm³/mol. The SMILES string of the molecule is CCN(CC)C(=O)c1ccccc1NC(=O)CN(c1ccc(Cl)cc1Cl)S(C)(=O)=O. The van der Waals surface area contributed by atoms with Crippen molar-refractivity contribution >= 4 is 56.4 Å². The fourth-order valence-corrected chi connectivity index (χ4v) is 4.27. The molecule has 0 radical (unpaired) electrons.